The fourth-order valence-corrected chi connectivity index (χ4v) is 1.01. The van der Waals surface area contributed by atoms with Crippen molar-refractivity contribution in [3.05, 3.63) is 12.2 Å². The van der Waals surface area contributed by atoms with Gasteiger partial charge < -0.3 is 4.74 Å². The number of rotatable bonds is 3. The van der Waals surface area contributed by atoms with Crippen molar-refractivity contribution in [2.24, 2.45) is 0 Å². The summed E-state index contributed by atoms with van der Waals surface area (Å²) in [6, 6.07) is 0. The van der Waals surface area contributed by atoms with Gasteiger partial charge in [-0.25, -0.2) is 0 Å². The van der Waals surface area contributed by atoms with E-state index < -0.39 is 24.4 Å². The van der Waals surface area contributed by atoms with Crippen LogP contribution in [0.5, 0.6) is 0 Å². The summed E-state index contributed by atoms with van der Waals surface area (Å²) in [6.45, 7) is 4.89. The van der Waals surface area contributed by atoms with Gasteiger partial charge in [0.25, 0.3) is 0 Å². The largest absolute Gasteiger partial charge is 0.367 e. The molecular formula is C8H10F4O. The van der Waals surface area contributed by atoms with Gasteiger partial charge in [0.2, 0.25) is 0 Å². The maximum absolute atomic E-state index is 12.5. The van der Waals surface area contributed by atoms with Crippen LogP contribution in [0.25, 0.3) is 0 Å². The van der Waals surface area contributed by atoms with E-state index in [9.17, 15) is 17.6 Å². The number of alkyl halides is 4. The summed E-state index contributed by atoms with van der Waals surface area (Å²) < 4.78 is 54.1. The van der Waals surface area contributed by atoms with Crippen LogP contribution in [0.1, 0.15) is 13.3 Å². The highest BCUT2D eigenvalue weighted by molar-refractivity contribution is 5.05. The Balaban J connectivity index is 2.45. The van der Waals surface area contributed by atoms with Crippen LogP contribution >= 0.6 is 0 Å². The average Bonchev–Trinajstić information content (AvgIpc) is 1.97. The summed E-state index contributed by atoms with van der Waals surface area (Å²) in [5.74, 6) is -7.94. The zero-order valence-corrected chi connectivity index (χ0v) is 7.12. The first-order chi connectivity index (χ1) is 5.77. The molecule has 1 rings (SSSR count). The third-order valence-electron chi connectivity index (χ3n) is 1.86. The molecule has 1 aliphatic carbocycles. The predicted octanol–water partition coefficient (Wildman–Crippen LogP) is 2.62. The van der Waals surface area contributed by atoms with Crippen LogP contribution in [0.15, 0.2) is 12.2 Å². The fraction of sp³-hybridized carbons (Fsp3) is 0.750. The Hall–Kier alpha value is -0.580. The monoisotopic (exact) mass is 198 g/mol. The van der Waals surface area contributed by atoms with E-state index in [2.05, 4.69) is 11.3 Å². The lowest BCUT2D eigenvalue weighted by atomic mass is 9.85. The Morgan fingerprint density at radius 3 is 2.31 bits per heavy atom. The molecule has 0 amide bonds. The topological polar surface area (TPSA) is 9.23 Å². The van der Waals surface area contributed by atoms with Gasteiger partial charge in [-0.15, -0.1) is 0 Å². The maximum atomic E-state index is 12.5. The van der Waals surface area contributed by atoms with E-state index in [4.69, 9.17) is 0 Å². The van der Waals surface area contributed by atoms with Crippen molar-refractivity contribution in [1.29, 1.82) is 0 Å². The van der Waals surface area contributed by atoms with Crippen molar-refractivity contribution in [3.8, 4) is 0 Å². The van der Waals surface area contributed by atoms with Gasteiger partial charge in [0.15, 0.2) is 0 Å². The smallest absolute Gasteiger partial charge is 0.335 e. The van der Waals surface area contributed by atoms with Gasteiger partial charge in [-0.1, -0.05) is 12.2 Å². The molecule has 0 aromatic heterocycles. The second-order valence-electron chi connectivity index (χ2n) is 3.29. The second kappa shape index (κ2) is 2.97. The van der Waals surface area contributed by atoms with E-state index in [1.54, 1.807) is 6.92 Å². The summed E-state index contributed by atoms with van der Waals surface area (Å²) in [4.78, 5) is 0. The van der Waals surface area contributed by atoms with Crippen LogP contribution in [0.4, 0.5) is 17.6 Å². The number of hydrogen-bond acceptors (Lipinski definition) is 1. The van der Waals surface area contributed by atoms with Gasteiger partial charge in [0, 0.05) is 0 Å². The van der Waals surface area contributed by atoms with Crippen molar-refractivity contribution in [2.45, 2.75) is 31.3 Å². The lowest BCUT2D eigenvalue weighted by Gasteiger charge is -2.43. The van der Waals surface area contributed by atoms with Crippen LogP contribution in [0.3, 0.4) is 0 Å². The van der Waals surface area contributed by atoms with Gasteiger partial charge in [0.1, 0.15) is 6.10 Å². The molecule has 0 spiro atoms. The van der Waals surface area contributed by atoms with Gasteiger partial charge in [-0.05, 0) is 6.92 Å². The van der Waals surface area contributed by atoms with E-state index in [0.717, 1.165) is 0 Å². The van der Waals surface area contributed by atoms with Crippen LogP contribution in [0.2, 0.25) is 0 Å². The summed E-state index contributed by atoms with van der Waals surface area (Å²) >= 11 is 0. The van der Waals surface area contributed by atoms with Gasteiger partial charge >= 0.3 is 11.8 Å². The molecule has 0 aliphatic heterocycles. The molecule has 5 heteroatoms. The molecule has 1 unspecified atom stereocenters. The van der Waals surface area contributed by atoms with Crippen LogP contribution in [-0.4, -0.2) is 24.6 Å². The minimum Gasteiger partial charge on any atom is -0.367 e. The summed E-state index contributed by atoms with van der Waals surface area (Å²) in [5, 5.41) is 0. The third kappa shape index (κ3) is 1.70. The van der Waals surface area contributed by atoms with Crippen LogP contribution < -0.4 is 0 Å². The molecule has 1 nitrogen and oxygen atoms in total. The summed E-state index contributed by atoms with van der Waals surface area (Å²) in [5.41, 5.74) is 0.533. The van der Waals surface area contributed by atoms with E-state index in [1.165, 1.54) is 0 Å². The molecular weight excluding hydrogens is 188 g/mol. The van der Waals surface area contributed by atoms with Crippen molar-refractivity contribution in [3.63, 3.8) is 0 Å². The Labute approximate surface area is 73.4 Å². The van der Waals surface area contributed by atoms with Gasteiger partial charge in [-0.2, -0.15) is 17.6 Å². The molecule has 76 valence electrons. The van der Waals surface area contributed by atoms with E-state index in [0.29, 0.717) is 5.57 Å². The molecule has 13 heavy (non-hydrogen) atoms. The highest BCUT2D eigenvalue weighted by Crippen LogP contribution is 2.52. The molecule has 0 N–H and O–H groups in total. The average molecular weight is 198 g/mol. The zero-order chi connectivity index (χ0) is 10.3. The van der Waals surface area contributed by atoms with Crippen LogP contribution in [-0.2, 0) is 4.74 Å². The van der Waals surface area contributed by atoms with Crippen molar-refractivity contribution >= 4 is 0 Å². The second-order valence-corrected chi connectivity index (χ2v) is 3.29. The Morgan fingerprint density at radius 2 is 2.00 bits per heavy atom. The molecule has 0 saturated heterocycles. The highest BCUT2D eigenvalue weighted by Gasteiger charge is 2.72. The standard InChI is InChI=1S/C8H10F4O/c1-5(2)4-13-6-3-7(9,10)8(6,11)12/h6H,1,3-4H2,2H3. The molecule has 0 bridgehead atoms. The van der Waals surface area contributed by atoms with E-state index in [-0.39, 0.29) is 6.61 Å². The number of hydrogen-bond donors (Lipinski definition) is 0. The number of ether oxygens (including phenoxy) is 1. The lowest BCUT2D eigenvalue weighted by Crippen LogP contribution is -2.63. The molecule has 1 atom stereocenters. The van der Waals surface area contributed by atoms with E-state index in [1.807, 2.05) is 0 Å². The first kappa shape index (κ1) is 10.5. The normalized spacial score (nSPS) is 29.5. The first-order valence-electron chi connectivity index (χ1n) is 3.79. The highest BCUT2D eigenvalue weighted by atomic mass is 19.3. The Kier molecular flexibility index (Phi) is 2.40. The van der Waals surface area contributed by atoms with Crippen molar-refractivity contribution in [1.82, 2.24) is 0 Å². The zero-order valence-electron chi connectivity index (χ0n) is 7.12. The Morgan fingerprint density at radius 1 is 1.46 bits per heavy atom. The SMILES string of the molecule is C=C(C)COC1CC(F)(F)C1(F)F. The fourth-order valence-electron chi connectivity index (χ4n) is 1.01. The lowest BCUT2D eigenvalue weighted by molar-refractivity contribution is -0.339. The molecule has 0 aromatic rings. The minimum atomic E-state index is -4.03. The molecule has 0 radical (unpaired) electrons. The maximum Gasteiger partial charge on any atom is 0.335 e. The summed E-state index contributed by atoms with van der Waals surface area (Å²) in [6.07, 6.45) is -2.58. The number of halogens is 4. The van der Waals surface area contributed by atoms with Gasteiger partial charge in [0.05, 0.1) is 13.0 Å². The molecule has 0 heterocycles. The van der Waals surface area contributed by atoms with Gasteiger partial charge in [-0.3, -0.25) is 0 Å². The minimum absolute atomic E-state index is 0.101. The van der Waals surface area contributed by atoms with Crippen molar-refractivity contribution in [2.75, 3.05) is 6.61 Å². The third-order valence-corrected chi connectivity index (χ3v) is 1.86. The first-order valence-corrected chi connectivity index (χ1v) is 3.79. The van der Waals surface area contributed by atoms with Crippen molar-refractivity contribution < 1.29 is 22.3 Å². The molecule has 0 aromatic carbocycles. The quantitative estimate of drug-likeness (QED) is 0.500. The molecule has 1 saturated carbocycles. The van der Waals surface area contributed by atoms with Crippen LogP contribution in [0, 0.1) is 0 Å². The Bertz CT molecular complexity index is 224. The molecule has 1 fully saturated rings. The molecule has 1 aliphatic rings. The predicted molar refractivity (Wildman–Crippen MR) is 39.1 cm³/mol. The van der Waals surface area contributed by atoms with E-state index >= 15 is 0 Å². The summed E-state index contributed by atoms with van der Waals surface area (Å²) in [7, 11) is 0.